The van der Waals surface area contributed by atoms with E-state index in [1.807, 2.05) is 24.4 Å². The number of nitrogens with two attached hydrogens (primary N) is 1. The van der Waals surface area contributed by atoms with E-state index in [-0.39, 0.29) is 0 Å². The van der Waals surface area contributed by atoms with Gasteiger partial charge in [-0.15, -0.1) is 0 Å². The number of anilines is 1. The maximum absolute atomic E-state index is 5.72. The van der Waals surface area contributed by atoms with Crippen molar-refractivity contribution in [2.45, 2.75) is 25.8 Å². The summed E-state index contributed by atoms with van der Waals surface area (Å²) in [5.41, 5.74) is 8.08. The summed E-state index contributed by atoms with van der Waals surface area (Å²) >= 11 is 0. The van der Waals surface area contributed by atoms with Crippen molar-refractivity contribution in [2.75, 3.05) is 5.32 Å². The van der Waals surface area contributed by atoms with Gasteiger partial charge >= 0.3 is 0 Å². The van der Waals surface area contributed by atoms with E-state index in [0.29, 0.717) is 17.7 Å². The molecule has 0 radical (unpaired) electrons. The molecule has 0 spiro atoms. The number of nitrogens with zero attached hydrogens (tertiary/aromatic N) is 2. The largest absolute Gasteiger partial charge is 0.399 e. The van der Waals surface area contributed by atoms with Crippen LogP contribution in [0.5, 0.6) is 0 Å². The van der Waals surface area contributed by atoms with Crippen molar-refractivity contribution < 1.29 is 0 Å². The maximum atomic E-state index is 5.72. The van der Waals surface area contributed by atoms with E-state index in [9.17, 15) is 0 Å². The summed E-state index contributed by atoms with van der Waals surface area (Å²) in [5.74, 6) is 1.46. The fraction of sp³-hybridized carbons (Fsp3) is 0.333. The number of hydrogen-bond acceptors (Lipinski definition) is 4. The van der Waals surface area contributed by atoms with Gasteiger partial charge in [-0.1, -0.05) is 18.7 Å². The van der Waals surface area contributed by atoms with Gasteiger partial charge in [0.2, 0.25) is 5.95 Å². The first-order chi connectivity index (χ1) is 9.13. The van der Waals surface area contributed by atoms with Crippen molar-refractivity contribution in [1.29, 1.82) is 0 Å². The van der Waals surface area contributed by atoms with E-state index in [1.54, 1.807) is 0 Å². The molecule has 0 aliphatic heterocycles. The van der Waals surface area contributed by atoms with Gasteiger partial charge in [0.1, 0.15) is 0 Å². The molecule has 4 nitrogen and oxygen atoms in total. The predicted molar refractivity (Wildman–Crippen MR) is 78.6 cm³/mol. The molecule has 1 aliphatic carbocycles. The Balaban J connectivity index is 1.91. The van der Waals surface area contributed by atoms with Crippen molar-refractivity contribution in [1.82, 2.24) is 9.97 Å². The topological polar surface area (TPSA) is 63.8 Å². The van der Waals surface area contributed by atoms with Gasteiger partial charge in [-0.3, -0.25) is 0 Å². The van der Waals surface area contributed by atoms with Crippen LogP contribution in [0.15, 0.2) is 31.0 Å². The maximum Gasteiger partial charge on any atom is 0.223 e. The van der Waals surface area contributed by atoms with Gasteiger partial charge in [0.05, 0.1) is 5.52 Å². The Morgan fingerprint density at radius 2 is 2.26 bits per heavy atom. The lowest BCUT2D eigenvalue weighted by Crippen LogP contribution is -2.18. The lowest BCUT2D eigenvalue weighted by Gasteiger charge is -2.12. The highest BCUT2D eigenvalue weighted by atomic mass is 15.1. The number of rotatable bonds is 4. The first-order valence-electron chi connectivity index (χ1n) is 6.61. The highest BCUT2D eigenvalue weighted by Gasteiger charge is 2.28. The van der Waals surface area contributed by atoms with Crippen LogP contribution in [0.4, 0.5) is 5.95 Å². The lowest BCUT2D eigenvalue weighted by molar-refractivity contribution is 0.687. The molecular formula is C15H18N4. The summed E-state index contributed by atoms with van der Waals surface area (Å²) in [4.78, 5) is 8.91. The molecule has 1 aliphatic rings. The highest BCUT2D eigenvalue weighted by molar-refractivity contribution is 5.82. The standard InChI is InChI=1S/C15H18N4/c1-9(16)12-5-6-13-8-17-15(19-14(13)7-12)18-10(2)11-3-4-11/h5-8,10-11H,1,3-4,16H2,2H3,(H,17,18,19)/t10-/m1/s1. The van der Waals surface area contributed by atoms with E-state index in [1.165, 1.54) is 12.8 Å². The molecule has 1 aromatic carbocycles. The zero-order valence-corrected chi connectivity index (χ0v) is 11.1. The van der Waals surface area contributed by atoms with Crippen molar-refractivity contribution in [3.63, 3.8) is 0 Å². The minimum absolute atomic E-state index is 0.435. The SMILES string of the molecule is C=C(N)c1ccc2cnc(N[C@H](C)C3CC3)nc2c1. The van der Waals surface area contributed by atoms with Crippen LogP contribution >= 0.6 is 0 Å². The summed E-state index contributed by atoms with van der Waals surface area (Å²) < 4.78 is 0. The van der Waals surface area contributed by atoms with E-state index < -0.39 is 0 Å². The molecule has 1 heterocycles. The first kappa shape index (κ1) is 12.0. The normalized spacial score (nSPS) is 16.3. The monoisotopic (exact) mass is 254 g/mol. The first-order valence-corrected chi connectivity index (χ1v) is 6.61. The van der Waals surface area contributed by atoms with Crippen LogP contribution < -0.4 is 11.1 Å². The summed E-state index contributed by atoms with van der Waals surface area (Å²) in [6.07, 6.45) is 4.45. The number of nitrogens with one attached hydrogen (secondary N) is 1. The third kappa shape index (κ3) is 2.52. The highest BCUT2D eigenvalue weighted by Crippen LogP contribution is 2.33. The second-order valence-electron chi connectivity index (χ2n) is 5.26. The van der Waals surface area contributed by atoms with Crippen molar-refractivity contribution >= 4 is 22.5 Å². The van der Waals surface area contributed by atoms with E-state index >= 15 is 0 Å². The van der Waals surface area contributed by atoms with Crippen LogP contribution in [-0.2, 0) is 0 Å². The zero-order valence-electron chi connectivity index (χ0n) is 11.1. The molecule has 1 saturated carbocycles. The van der Waals surface area contributed by atoms with Crippen LogP contribution in [0.2, 0.25) is 0 Å². The molecule has 98 valence electrons. The molecule has 0 amide bonds. The third-order valence-corrected chi connectivity index (χ3v) is 3.64. The lowest BCUT2D eigenvalue weighted by atomic mass is 10.1. The average molecular weight is 254 g/mol. The van der Waals surface area contributed by atoms with E-state index in [2.05, 4.69) is 28.8 Å². The molecule has 3 rings (SSSR count). The van der Waals surface area contributed by atoms with Crippen LogP contribution in [-0.4, -0.2) is 16.0 Å². The van der Waals surface area contributed by atoms with Crippen molar-refractivity contribution in [2.24, 2.45) is 11.7 Å². The smallest absolute Gasteiger partial charge is 0.223 e. The molecule has 0 unspecified atom stereocenters. The molecule has 2 aromatic rings. The fourth-order valence-corrected chi connectivity index (χ4v) is 2.21. The van der Waals surface area contributed by atoms with Crippen LogP contribution in [0.25, 0.3) is 16.6 Å². The minimum Gasteiger partial charge on any atom is -0.399 e. The van der Waals surface area contributed by atoms with Crippen LogP contribution in [0, 0.1) is 5.92 Å². The Morgan fingerprint density at radius 1 is 1.47 bits per heavy atom. The molecular weight excluding hydrogens is 236 g/mol. The average Bonchev–Trinajstić information content (AvgIpc) is 3.22. The van der Waals surface area contributed by atoms with E-state index in [4.69, 9.17) is 5.73 Å². The van der Waals surface area contributed by atoms with Gasteiger partial charge in [0.15, 0.2) is 0 Å². The van der Waals surface area contributed by atoms with Crippen molar-refractivity contribution in [3.05, 3.63) is 36.5 Å². The summed E-state index contributed by atoms with van der Waals surface area (Å²) in [6.45, 7) is 5.94. The van der Waals surface area contributed by atoms with Gasteiger partial charge in [-0.25, -0.2) is 9.97 Å². The van der Waals surface area contributed by atoms with E-state index in [0.717, 1.165) is 22.4 Å². The predicted octanol–water partition coefficient (Wildman–Crippen LogP) is 2.77. The molecule has 1 fully saturated rings. The van der Waals surface area contributed by atoms with Crippen LogP contribution in [0.3, 0.4) is 0 Å². The summed E-state index contributed by atoms with van der Waals surface area (Å²) in [5, 5.41) is 4.38. The second kappa shape index (κ2) is 4.53. The molecule has 4 heteroatoms. The molecule has 19 heavy (non-hydrogen) atoms. The molecule has 1 aromatic heterocycles. The van der Waals surface area contributed by atoms with Gasteiger partial charge in [-0.2, -0.15) is 0 Å². The quantitative estimate of drug-likeness (QED) is 0.880. The fourth-order valence-electron chi connectivity index (χ4n) is 2.21. The minimum atomic E-state index is 0.435. The number of hydrogen-bond donors (Lipinski definition) is 2. The molecule has 1 atom stereocenters. The Labute approximate surface area is 112 Å². The number of aromatic nitrogens is 2. The van der Waals surface area contributed by atoms with Gasteiger partial charge in [0.25, 0.3) is 0 Å². The van der Waals surface area contributed by atoms with Gasteiger partial charge < -0.3 is 11.1 Å². The summed E-state index contributed by atoms with van der Waals surface area (Å²) in [6, 6.07) is 6.29. The molecule has 3 N–H and O–H groups in total. The number of fused-ring (bicyclic) bond motifs is 1. The second-order valence-corrected chi connectivity index (χ2v) is 5.26. The third-order valence-electron chi connectivity index (χ3n) is 3.64. The van der Waals surface area contributed by atoms with Crippen LogP contribution in [0.1, 0.15) is 25.3 Å². The molecule has 0 saturated heterocycles. The Hall–Kier alpha value is -2.10. The Morgan fingerprint density at radius 3 is 2.95 bits per heavy atom. The van der Waals surface area contributed by atoms with Gasteiger partial charge in [-0.05, 0) is 37.3 Å². The summed E-state index contributed by atoms with van der Waals surface area (Å²) in [7, 11) is 0. The van der Waals surface area contributed by atoms with Crippen molar-refractivity contribution in [3.8, 4) is 0 Å². The Kier molecular flexibility index (Phi) is 2.85. The molecule has 0 bridgehead atoms. The number of benzene rings is 1. The Bertz CT molecular complexity index is 631. The zero-order chi connectivity index (χ0) is 13.4. The van der Waals surface area contributed by atoms with Gasteiger partial charge in [0, 0.05) is 23.3 Å².